The number of nitrogens with one attached hydrogen (secondary N) is 1. The van der Waals surface area contributed by atoms with Gasteiger partial charge in [0.15, 0.2) is 0 Å². The second kappa shape index (κ2) is 8.48. The van der Waals surface area contributed by atoms with Crippen molar-refractivity contribution in [3.8, 4) is 11.1 Å². The molecule has 0 spiro atoms. The first-order valence-corrected chi connectivity index (χ1v) is 10.2. The van der Waals surface area contributed by atoms with E-state index in [0.717, 1.165) is 35.8 Å². The van der Waals surface area contributed by atoms with Crippen LogP contribution >= 0.6 is 0 Å². The Morgan fingerprint density at radius 3 is 3.00 bits per heavy atom. The van der Waals surface area contributed by atoms with Crippen LogP contribution in [-0.2, 0) is 4.74 Å². The summed E-state index contributed by atoms with van der Waals surface area (Å²) >= 11 is 0. The van der Waals surface area contributed by atoms with Gasteiger partial charge in [-0.3, -0.25) is 4.68 Å². The fourth-order valence-electron chi connectivity index (χ4n) is 4.28. The summed E-state index contributed by atoms with van der Waals surface area (Å²) in [6, 6.07) is 1.99. The molecule has 1 saturated carbocycles. The lowest BCUT2D eigenvalue weighted by molar-refractivity contribution is 0.0506. The van der Waals surface area contributed by atoms with Crippen molar-refractivity contribution in [1.82, 2.24) is 19.7 Å². The minimum absolute atomic E-state index is 0.0720. The SMILES string of the molecule is [C-]#[N+]C[C@H](C1CCCC1)n1cc(-c2c(C(=O)OCCC)cnc3[nH]ccc23)cn1. The molecule has 1 atom stereocenters. The first kappa shape index (κ1) is 19.2. The molecule has 1 aliphatic carbocycles. The Kier molecular flexibility index (Phi) is 5.61. The third kappa shape index (κ3) is 3.75. The van der Waals surface area contributed by atoms with E-state index < -0.39 is 0 Å². The third-order valence-corrected chi connectivity index (χ3v) is 5.70. The van der Waals surface area contributed by atoms with Crippen molar-refractivity contribution in [1.29, 1.82) is 0 Å². The highest BCUT2D eigenvalue weighted by molar-refractivity contribution is 6.06. The van der Waals surface area contributed by atoms with Crippen LogP contribution in [-0.4, -0.2) is 38.9 Å². The molecule has 0 saturated heterocycles. The Bertz CT molecular complexity index is 1040. The Balaban J connectivity index is 1.75. The van der Waals surface area contributed by atoms with E-state index in [2.05, 4.69) is 19.9 Å². The van der Waals surface area contributed by atoms with Crippen molar-refractivity contribution in [2.75, 3.05) is 13.2 Å². The molecule has 0 amide bonds. The zero-order valence-electron chi connectivity index (χ0n) is 16.6. The molecule has 1 aliphatic rings. The van der Waals surface area contributed by atoms with Crippen LogP contribution in [0.15, 0.2) is 30.9 Å². The van der Waals surface area contributed by atoms with Gasteiger partial charge in [0.05, 0.1) is 18.4 Å². The Morgan fingerprint density at radius 2 is 2.24 bits per heavy atom. The van der Waals surface area contributed by atoms with Gasteiger partial charge in [0.2, 0.25) is 6.54 Å². The summed E-state index contributed by atoms with van der Waals surface area (Å²) in [4.78, 5) is 23.8. The van der Waals surface area contributed by atoms with Crippen LogP contribution in [0.5, 0.6) is 0 Å². The van der Waals surface area contributed by atoms with E-state index in [4.69, 9.17) is 11.3 Å². The average Bonchev–Trinajstić information content (AvgIpc) is 3.50. The second-order valence-electron chi connectivity index (χ2n) is 7.58. The molecular formula is C22H25N5O2. The minimum Gasteiger partial charge on any atom is -0.462 e. The monoisotopic (exact) mass is 391 g/mol. The molecule has 3 heterocycles. The number of carbonyl (C=O) groups is 1. The largest absolute Gasteiger partial charge is 0.462 e. The van der Waals surface area contributed by atoms with Crippen LogP contribution < -0.4 is 0 Å². The highest BCUT2D eigenvalue weighted by Gasteiger charge is 2.30. The normalized spacial score (nSPS) is 15.4. The summed E-state index contributed by atoms with van der Waals surface area (Å²) in [5.41, 5.74) is 2.77. The quantitative estimate of drug-likeness (QED) is 0.470. The maximum atomic E-state index is 12.7. The summed E-state index contributed by atoms with van der Waals surface area (Å²) in [6.07, 6.45) is 12.6. The summed E-state index contributed by atoms with van der Waals surface area (Å²) in [5, 5.41) is 5.46. The van der Waals surface area contributed by atoms with E-state index in [9.17, 15) is 4.79 Å². The topological polar surface area (TPSA) is 77.2 Å². The van der Waals surface area contributed by atoms with E-state index in [1.807, 2.05) is 30.1 Å². The van der Waals surface area contributed by atoms with Crippen LogP contribution in [0, 0.1) is 12.5 Å². The molecular weight excluding hydrogens is 366 g/mol. The van der Waals surface area contributed by atoms with Gasteiger partial charge in [-0.1, -0.05) is 19.8 Å². The molecule has 0 aliphatic heterocycles. The molecule has 0 radical (unpaired) electrons. The number of carbonyl (C=O) groups excluding carboxylic acids is 1. The molecule has 1 N–H and O–H groups in total. The molecule has 0 bridgehead atoms. The molecule has 150 valence electrons. The van der Waals surface area contributed by atoms with Crippen molar-refractivity contribution < 1.29 is 9.53 Å². The van der Waals surface area contributed by atoms with E-state index in [-0.39, 0.29) is 12.0 Å². The average molecular weight is 391 g/mol. The standard InChI is InChI=1S/C22H25N5O2/c1-3-10-29-22(28)18-12-25-21-17(8-9-24-21)20(18)16-11-26-27(14-16)19(13-23-2)15-6-4-5-7-15/h8-9,11-12,14-15,19H,3-7,10,13H2,1H3,(H,24,25)/t19-/m1/s1. The van der Waals surface area contributed by atoms with Crippen LogP contribution in [0.25, 0.3) is 27.0 Å². The number of hydrogen-bond donors (Lipinski definition) is 1. The van der Waals surface area contributed by atoms with Crippen molar-refractivity contribution in [3.63, 3.8) is 0 Å². The summed E-state index contributed by atoms with van der Waals surface area (Å²) in [7, 11) is 0. The number of aromatic nitrogens is 4. The van der Waals surface area contributed by atoms with E-state index >= 15 is 0 Å². The lowest BCUT2D eigenvalue weighted by Gasteiger charge is -2.18. The van der Waals surface area contributed by atoms with Gasteiger partial charge in [-0.05, 0) is 31.2 Å². The first-order chi connectivity index (χ1) is 14.2. The number of hydrogen-bond acceptors (Lipinski definition) is 4. The Hall–Kier alpha value is -3.14. The zero-order valence-corrected chi connectivity index (χ0v) is 16.6. The number of H-pyrrole nitrogens is 1. The number of fused-ring (bicyclic) bond motifs is 1. The van der Waals surface area contributed by atoms with Gasteiger partial charge in [-0.25, -0.2) is 16.4 Å². The predicted molar refractivity (Wildman–Crippen MR) is 110 cm³/mol. The van der Waals surface area contributed by atoms with Gasteiger partial charge >= 0.3 is 5.97 Å². The van der Waals surface area contributed by atoms with Crippen LogP contribution in [0.1, 0.15) is 55.4 Å². The smallest absolute Gasteiger partial charge is 0.340 e. The van der Waals surface area contributed by atoms with E-state index in [1.165, 1.54) is 12.8 Å². The maximum absolute atomic E-state index is 12.7. The molecule has 7 heteroatoms. The van der Waals surface area contributed by atoms with Crippen molar-refractivity contribution in [2.45, 2.75) is 45.1 Å². The van der Waals surface area contributed by atoms with Gasteiger partial charge < -0.3 is 14.6 Å². The lowest BCUT2D eigenvalue weighted by atomic mass is 9.98. The highest BCUT2D eigenvalue weighted by atomic mass is 16.5. The molecule has 0 aromatic carbocycles. The van der Waals surface area contributed by atoms with Crippen molar-refractivity contribution in [3.05, 3.63) is 47.8 Å². The number of aromatic amines is 1. The van der Waals surface area contributed by atoms with E-state index in [1.54, 1.807) is 12.4 Å². The zero-order chi connectivity index (χ0) is 20.2. The molecule has 7 nitrogen and oxygen atoms in total. The molecule has 4 rings (SSSR count). The van der Waals surface area contributed by atoms with E-state index in [0.29, 0.717) is 30.3 Å². The van der Waals surface area contributed by atoms with Crippen LogP contribution in [0.4, 0.5) is 0 Å². The number of rotatable bonds is 7. The molecule has 29 heavy (non-hydrogen) atoms. The molecule has 3 aromatic heterocycles. The Morgan fingerprint density at radius 1 is 1.41 bits per heavy atom. The fraction of sp³-hybridized carbons (Fsp3) is 0.455. The second-order valence-corrected chi connectivity index (χ2v) is 7.58. The summed E-state index contributed by atoms with van der Waals surface area (Å²) < 4.78 is 7.30. The lowest BCUT2D eigenvalue weighted by Crippen LogP contribution is -2.20. The summed E-state index contributed by atoms with van der Waals surface area (Å²) in [5.74, 6) is 0.106. The summed E-state index contributed by atoms with van der Waals surface area (Å²) in [6.45, 7) is 10.1. The van der Waals surface area contributed by atoms with Gasteiger partial charge in [-0.2, -0.15) is 5.10 Å². The molecule has 0 unspecified atom stereocenters. The molecule has 3 aromatic rings. The molecule has 1 fully saturated rings. The van der Waals surface area contributed by atoms with Crippen molar-refractivity contribution >= 4 is 17.0 Å². The number of esters is 1. The van der Waals surface area contributed by atoms with Crippen LogP contribution in [0.2, 0.25) is 0 Å². The Labute approximate surface area is 169 Å². The predicted octanol–water partition coefficient (Wildman–Crippen LogP) is 4.64. The first-order valence-electron chi connectivity index (χ1n) is 10.2. The van der Waals surface area contributed by atoms with Gasteiger partial charge in [0, 0.05) is 35.1 Å². The van der Waals surface area contributed by atoms with Crippen molar-refractivity contribution in [2.24, 2.45) is 5.92 Å². The third-order valence-electron chi connectivity index (χ3n) is 5.70. The number of pyridine rings is 1. The maximum Gasteiger partial charge on any atom is 0.340 e. The van der Waals surface area contributed by atoms with Crippen LogP contribution in [0.3, 0.4) is 0 Å². The minimum atomic E-state index is -0.376. The highest BCUT2D eigenvalue weighted by Crippen LogP contribution is 2.36. The number of ether oxygens (including phenoxy) is 1. The fourth-order valence-corrected chi connectivity index (χ4v) is 4.28. The van der Waals surface area contributed by atoms with Gasteiger partial charge in [-0.15, -0.1) is 0 Å². The van der Waals surface area contributed by atoms with Gasteiger partial charge in [0.25, 0.3) is 0 Å². The number of nitrogens with zero attached hydrogens (tertiary/aromatic N) is 4. The van der Waals surface area contributed by atoms with Gasteiger partial charge in [0.1, 0.15) is 11.7 Å².